The fraction of sp³-hybridized carbons (Fsp3) is 0.593. The third-order valence-electron chi connectivity index (χ3n) is 7.33. The van der Waals surface area contributed by atoms with Gasteiger partial charge in [-0.2, -0.15) is 0 Å². The Bertz CT molecular complexity index is 1030. The zero-order valence-corrected chi connectivity index (χ0v) is 23.3. The summed E-state index contributed by atoms with van der Waals surface area (Å²) >= 11 is 5.49. The first-order chi connectivity index (χ1) is 17.3. The third-order valence-corrected chi connectivity index (χ3v) is 7.57. The largest absolute Gasteiger partial charge is 0.361 e. The van der Waals surface area contributed by atoms with Crippen LogP contribution in [0.3, 0.4) is 0 Å². The Balaban J connectivity index is 1.60. The van der Waals surface area contributed by atoms with E-state index in [1.165, 1.54) is 0 Å². The third kappa shape index (κ3) is 7.05. The van der Waals surface area contributed by atoms with E-state index in [1.54, 1.807) is 0 Å². The van der Waals surface area contributed by atoms with Crippen LogP contribution in [-0.4, -0.2) is 84.2 Å². The first-order valence-electron chi connectivity index (χ1n) is 13.2. The second kappa shape index (κ2) is 13.2. The van der Waals surface area contributed by atoms with Crippen LogP contribution in [-0.2, 0) is 4.79 Å². The number of benzene rings is 1. The van der Waals surface area contributed by atoms with E-state index >= 15 is 0 Å². The van der Waals surface area contributed by atoms with Crippen LogP contribution in [0, 0.1) is 12.8 Å². The lowest BCUT2D eigenvalue weighted by Crippen LogP contribution is -2.54. The van der Waals surface area contributed by atoms with Gasteiger partial charge in [0, 0.05) is 50.3 Å². The van der Waals surface area contributed by atoms with Gasteiger partial charge in [-0.1, -0.05) is 34.1 Å². The molecular weight excluding hydrogens is 470 g/mol. The van der Waals surface area contributed by atoms with Gasteiger partial charge in [-0.3, -0.25) is 4.79 Å². The number of fused-ring (bicyclic) bond motifs is 1. The van der Waals surface area contributed by atoms with E-state index in [4.69, 9.17) is 22.9 Å². The molecule has 2 atom stereocenters. The molecule has 1 aromatic heterocycles. The Hall–Kier alpha value is -2.49. The highest BCUT2D eigenvalue weighted by Crippen LogP contribution is 2.26. The maximum absolute atomic E-state index is 12.7. The van der Waals surface area contributed by atoms with Crippen molar-refractivity contribution in [3.8, 4) is 0 Å². The first kappa shape index (κ1) is 28.1. The maximum atomic E-state index is 12.7. The van der Waals surface area contributed by atoms with E-state index in [9.17, 15) is 4.79 Å². The molecule has 1 aliphatic rings. The van der Waals surface area contributed by atoms with Crippen molar-refractivity contribution in [1.29, 1.82) is 0 Å². The summed E-state index contributed by atoms with van der Waals surface area (Å²) in [6.45, 7) is 17.3. The average Bonchev–Trinajstić information content (AvgIpc) is 2.90. The highest BCUT2D eigenvalue weighted by Gasteiger charge is 2.28. The Morgan fingerprint density at radius 2 is 1.86 bits per heavy atom. The van der Waals surface area contributed by atoms with Gasteiger partial charge in [0.1, 0.15) is 5.82 Å². The van der Waals surface area contributed by atoms with Gasteiger partial charge >= 0.3 is 0 Å². The van der Waals surface area contributed by atoms with Gasteiger partial charge in [0.2, 0.25) is 5.91 Å². The number of nitrogens with two attached hydrogens (primary N) is 1. The number of rotatable bonds is 10. The van der Waals surface area contributed by atoms with Gasteiger partial charge in [-0.05, 0) is 68.0 Å². The molecule has 2 aromatic rings. The fourth-order valence-corrected chi connectivity index (χ4v) is 4.74. The number of hydrogen-bond donors (Lipinski definition) is 3. The minimum absolute atomic E-state index is 0.0622. The van der Waals surface area contributed by atoms with Crippen molar-refractivity contribution >= 4 is 45.6 Å². The predicted octanol–water partition coefficient (Wildman–Crippen LogP) is 3.19. The molecule has 1 fully saturated rings. The van der Waals surface area contributed by atoms with E-state index in [0.717, 1.165) is 73.7 Å². The minimum atomic E-state index is -0.421. The highest BCUT2D eigenvalue weighted by molar-refractivity contribution is 7.80. The molecule has 0 spiro atoms. The molecular formula is C27H43N7OS. The second-order valence-electron chi connectivity index (χ2n) is 9.66. The van der Waals surface area contributed by atoms with Gasteiger partial charge in [0.15, 0.2) is 5.11 Å². The lowest BCUT2D eigenvalue weighted by molar-refractivity contribution is -0.134. The predicted molar refractivity (Wildman–Crippen MR) is 155 cm³/mol. The summed E-state index contributed by atoms with van der Waals surface area (Å²) in [5.41, 5.74) is 9.25. The van der Waals surface area contributed by atoms with Crippen molar-refractivity contribution in [3.05, 3.63) is 29.8 Å². The quantitative estimate of drug-likeness (QED) is 0.418. The second-order valence-corrected chi connectivity index (χ2v) is 10.1. The molecule has 2 heterocycles. The van der Waals surface area contributed by atoms with Gasteiger partial charge < -0.3 is 31.1 Å². The summed E-state index contributed by atoms with van der Waals surface area (Å²) in [7, 11) is 0. The Labute approximate surface area is 221 Å². The van der Waals surface area contributed by atoms with E-state index in [0.29, 0.717) is 18.2 Å². The smallest absolute Gasteiger partial charge is 0.239 e. The number of likely N-dealkylation sites (N-methyl/N-ethyl adjacent to an activating group) is 1. The molecule has 0 radical (unpaired) electrons. The number of thiocarbonyl (C=S) groups is 1. The van der Waals surface area contributed by atoms with Crippen molar-refractivity contribution in [2.24, 2.45) is 11.7 Å². The van der Waals surface area contributed by atoms with Gasteiger partial charge in [0.25, 0.3) is 0 Å². The topological polar surface area (TPSA) is 89.8 Å². The fourth-order valence-electron chi connectivity index (χ4n) is 4.52. The molecule has 4 N–H and O–H groups in total. The summed E-state index contributed by atoms with van der Waals surface area (Å²) in [5.74, 6) is 1.21. The number of anilines is 2. The van der Waals surface area contributed by atoms with E-state index in [2.05, 4.69) is 60.3 Å². The number of carbonyl (C=O) groups is 1. The van der Waals surface area contributed by atoms with Crippen LogP contribution in [0.15, 0.2) is 24.3 Å². The SMILES string of the molecule is CCC(C)[C@H](N)C(=O)N1CCN(c2cc(C)c3cc(NC(=S)NCCN(CC)CC)ccc3n2)CC1. The molecule has 1 aliphatic heterocycles. The summed E-state index contributed by atoms with van der Waals surface area (Å²) < 4.78 is 0. The number of nitrogens with zero attached hydrogens (tertiary/aromatic N) is 4. The molecule has 36 heavy (non-hydrogen) atoms. The van der Waals surface area contributed by atoms with Crippen LogP contribution in [0.2, 0.25) is 0 Å². The van der Waals surface area contributed by atoms with Crippen LogP contribution >= 0.6 is 12.2 Å². The molecule has 9 heteroatoms. The summed E-state index contributed by atoms with van der Waals surface area (Å²) in [5, 5.41) is 8.32. The lowest BCUT2D eigenvalue weighted by Gasteiger charge is -2.37. The van der Waals surface area contributed by atoms with Gasteiger partial charge in [0.05, 0.1) is 11.6 Å². The van der Waals surface area contributed by atoms with Crippen LogP contribution in [0.1, 0.15) is 39.7 Å². The Kier molecular flexibility index (Phi) is 10.3. The van der Waals surface area contributed by atoms with Crippen LogP contribution in [0.5, 0.6) is 0 Å². The van der Waals surface area contributed by atoms with Crippen molar-refractivity contribution in [2.75, 3.05) is 62.6 Å². The molecule has 3 rings (SSSR count). The number of amides is 1. The van der Waals surface area contributed by atoms with E-state index in [1.807, 2.05) is 24.0 Å². The summed E-state index contributed by atoms with van der Waals surface area (Å²) in [4.78, 5) is 24.2. The van der Waals surface area contributed by atoms with Crippen LogP contribution in [0.4, 0.5) is 11.5 Å². The zero-order chi connectivity index (χ0) is 26.2. The molecule has 0 aliphatic carbocycles. The molecule has 8 nitrogen and oxygen atoms in total. The van der Waals surface area contributed by atoms with Crippen molar-refractivity contribution in [3.63, 3.8) is 0 Å². The number of aromatic nitrogens is 1. The molecule has 0 bridgehead atoms. The van der Waals surface area contributed by atoms with Gasteiger partial charge in [-0.15, -0.1) is 0 Å². The van der Waals surface area contributed by atoms with Gasteiger partial charge in [-0.25, -0.2) is 4.98 Å². The Morgan fingerprint density at radius 1 is 1.17 bits per heavy atom. The zero-order valence-electron chi connectivity index (χ0n) is 22.5. The van der Waals surface area contributed by atoms with E-state index in [-0.39, 0.29) is 11.8 Å². The normalized spacial score (nSPS) is 15.8. The minimum Gasteiger partial charge on any atom is -0.361 e. The average molecular weight is 514 g/mol. The summed E-state index contributed by atoms with van der Waals surface area (Å²) in [6.07, 6.45) is 0.906. The number of carbonyl (C=O) groups excluding carboxylic acids is 1. The number of piperazine rings is 1. The molecule has 1 unspecified atom stereocenters. The highest BCUT2D eigenvalue weighted by atomic mass is 32.1. The number of aryl methyl sites for hydroxylation is 1. The van der Waals surface area contributed by atoms with E-state index < -0.39 is 6.04 Å². The van der Waals surface area contributed by atoms with Crippen molar-refractivity contribution in [2.45, 2.75) is 47.1 Å². The van der Waals surface area contributed by atoms with Crippen LogP contribution < -0.4 is 21.3 Å². The number of nitrogens with one attached hydrogen (secondary N) is 2. The standard InChI is InChI=1S/C27H43N7OS/c1-6-19(4)25(28)26(35)34-15-13-33(14-16-34)24-17-20(5)22-18-21(9-10-23(22)31-24)30-27(36)29-11-12-32(7-2)8-3/h9-10,17-19,25H,6-8,11-16,28H2,1-5H3,(H2,29,30,36)/t19?,25-/m0/s1. The maximum Gasteiger partial charge on any atom is 0.239 e. The molecule has 1 amide bonds. The first-order valence-corrected chi connectivity index (χ1v) is 13.7. The molecule has 1 saturated heterocycles. The molecule has 198 valence electrons. The number of pyridine rings is 1. The van der Waals surface area contributed by atoms with Crippen LogP contribution in [0.25, 0.3) is 10.9 Å². The molecule has 0 saturated carbocycles. The van der Waals surface area contributed by atoms with Crippen molar-refractivity contribution in [1.82, 2.24) is 20.1 Å². The number of hydrogen-bond acceptors (Lipinski definition) is 6. The summed E-state index contributed by atoms with van der Waals surface area (Å²) in [6, 6.07) is 7.87. The Morgan fingerprint density at radius 3 is 2.50 bits per heavy atom. The lowest BCUT2D eigenvalue weighted by atomic mass is 9.98. The monoisotopic (exact) mass is 513 g/mol. The molecule has 1 aromatic carbocycles. The van der Waals surface area contributed by atoms with Crippen molar-refractivity contribution < 1.29 is 4.79 Å².